The zero-order valence-electron chi connectivity index (χ0n) is 11.7. The van der Waals surface area contributed by atoms with E-state index in [0.717, 1.165) is 34.7 Å². The smallest absolute Gasteiger partial charge is 0.152 e. The van der Waals surface area contributed by atoms with E-state index in [1.807, 2.05) is 11.3 Å². The van der Waals surface area contributed by atoms with Crippen LogP contribution < -0.4 is 11.3 Å². The Bertz CT molecular complexity index is 624. The number of nitrogen functional groups attached to an aromatic ring is 1. The summed E-state index contributed by atoms with van der Waals surface area (Å²) in [5.74, 6) is 7.34. The molecule has 0 amide bonds. The van der Waals surface area contributed by atoms with Crippen LogP contribution in [0, 0.1) is 5.41 Å². The number of nitrogens with one attached hydrogen (secondary N) is 1. The van der Waals surface area contributed by atoms with Gasteiger partial charge in [0.2, 0.25) is 0 Å². The summed E-state index contributed by atoms with van der Waals surface area (Å²) in [4.78, 5) is 11.9. The highest BCUT2D eigenvalue weighted by Crippen LogP contribution is 2.39. The van der Waals surface area contributed by atoms with Crippen LogP contribution in [0.4, 0.5) is 5.82 Å². The highest BCUT2D eigenvalue weighted by molar-refractivity contribution is 7.19. The molecule has 0 saturated heterocycles. The largest absolute Gasteiger partial charge is 0.308 e. The highest BCUT2D eigenvalue weighted by atomic mass is 32.1. The molecule has 0 saturated carbocycles. The first kappa shape index (κ1) is 12.8. The maximum absolute atomic E-state index is 5.67. The van der Waals surface area contributed by atoms with E-state index < -0.39 is 0 Å². The highest BCUT2D eigenvalue weighted by Gasteiger charge is 2.23. The van der Waals surface area contributed by atoms with Gasteiger partial charge in [-0.3, -0.25) is 0 Å². The molecule has 2 aromatic rings. The summed E-state index contributed by atoms with van der Waals surface area (Å²) in [6.45, 7) is 6.60. The molecule has 0 unspecified atom stereocenters. The Labute approximate surface area is 117 Å². The molecule has 102 valence electrons. The first-order chi connectivity index (χ1) is 8.98. The van der Waals surface area contributed by atoms with Gasteiger partial charge in [0.1, 0.15) is 10.7 Å². The molecule has 3 N–H and O–H groups in total. The summed E-state index contributed by atoms with van der Waals surface area (Å²) in [5.41, 5.74) is 4.36. The van der Waals surface area contributed by atoms with Crippen molar-refractivity contribution in [3.63, 3.8) is 0 Å². The molecular formula is C14H20N4S. The third kappa shape index (κ3) is 2.32. The fourth-order valence-electron chi connectivity index (χ4n) is 2.70. The minimum absolute atomic E-state index is 0.180. The first-order valence-electron chi connectivity index (χ1n) is 6.76. The topological polar surface area (TPSA) is 63.8 Å². The Hall–Kier alpha value is -1.20. The lowest BCUT2D eigenvalue weighted by Gasteiger charge is -2.17. The Morgan fingerprint density at radius 1 is 1.26 bits per heavy atom. The van der Waals surface area contributed by atoms with Crippen LogP contribution in [0.2, 0.25) is 0 Å². The number of aromatic nitrogens is 2. The molecular weight excluding hydrogens is 256 g/mol. The van der Waals surface area contributed by atoms with Gasteiger partial charge in [-0.2, -0.15) is 0 Å². The summed E-state index contributed by atoms with van der Waals surface area (Å²) >= 11 is 1.81. The van der Waals surface area contributed by atoms with E-state index in [4.69, 9.17) is 10.8 Å². The van der Waals surface area contributed by atoms with Crippen molar-refractivity contribution >= 4 is 27.4 Å². The van der Waals surface area contributed by atoms with Gasteiger partial charge in [-0.25, -0.2) is 15.8 Å². The summed E-state index contributed by atoms with van der Waals surface area (Å²) < 4.78 is 0. The molecule has 0 atom stereocenters. The van der Waals surface area contributed by atoms with Gasteiger partial charge in [0.05, 0.1) is 5.39 Å². The quantitative estimate of drug-likeness (QED) is 0.653. The van der Waals surface area contributed by atoms with Gasteiger partial charge in [0.15, 0.2) is 5.82 Å². The fourth-order valence-corrected chi connectivity index (χ4v) is 3.98. The lowest BCUT2D eigenvalue weighted by Crippen LogP contribution is -2.15. The van der Waals surface area contributed by atoms with Gasteiger partial charge >= 0.3 is 0 Å². The molecule has 0 bridgehead atoms. The average molecular weight is 276 g/mol. The number of thiophene rings is 1. The number of hydrazine groups is 1. The van der Waals surface area contributed by atoms with Gasteiger partial charge in [0, 0.05) is 11.3 Å². The lowest BCUT2D eigenvalue weighted by atomic mass is 9.92. The molecule has 19 heavy (non-hydrogen) atoms. The first-order valence-corrected chi connectivity index (χ1v) is 7.57. The molecule has 5 heteroatoms. The number of nitrogens with zero attached hydrogens (tertiary/aromatic N) is 2. The van der Waals surface area contributed by atoms with Gasteiger partial charge in [-0.1, -0.05) is 20.8 Å². The van der Waals surface area contributed by atoms with Crippen LogP contribution in [0.1, 0.15) is 43.5 Å². The van der Waals surface area contributed by atoms with Crippen LogP contribution in [0.3, 0.4) is 0 Å². The number of anilines is 1. The maximum Gasteiger partial charge on any atom is 0.152 e. The van der Waals surface area contributed by atoms with Crippen LogP contribution in [0.5, 0.6) is 0 Å². The Morgan fingerprint density at radius 2 is 2.05 bits per heavy atom. The van der Waals surface area contributed by atoms with Crippen molar-refractivity contribution in [3.05, 3.63) is 16.3 Å². The minimum Gasteiger partial charge on any atom is -0.308 e. The van der Waals surface area contributed by atoms with Crippen LogP contribution >= 0.6 is 11.3 Å². The molecule has 0 aromatic carbocycles. The molecule has 0 spiro atoms. The molecule has 1 aliphatic carbocycles. The second-order valence-electron chi connectivity index (χ2n) is 6.41. The van der Waals surface area contributed by atoms with Crippen LogP contribution in [-0.2, 0) is 19.3 Å². The SMILES string of the molecule is CC(C)(C)Cc1nc(NN)c2c3c(sc2n1)CCC3. The standard InChI is InChI=1S/C14H20N4S/c1-14(2,3)7-10-16-12(18-15)11-8-5-4-6-9(8)19-13(11)17-10/h4-7,15H2,1-3H3,(H,16,17,18). The number of hydrogen-bond acceptors (Lipinski definition) is 5. The Balaban J connectivity index is 2.14. The minimum atomic E-state index is 0.180. The normalized spacial score (nSPS) is 14.9. The van der Waals surface area contributed by atoms with Crippen molar-refractivity contribution in [2.45, 2.75) is 46.5 Å². The zero-order chi connectivity index (χ0) is 13.6. The van der Waals surface area contributed by atoms with E-state index in [-0.39, 0.29) is 5.41 Å². The molecule has 0 fully saturated rings. The molecule has 0 aliphatic heterocycles. The van der Waals surface area contributed by atoms with E-state index in [0.29, 0.717) is 0 Å². The second kappa shape index (κ2) is 4.42. The van der Waals surface area contributed by atoms with Crippen LogP contribution in [0.15, 0.2) is 0 Å². The van der Waals surface area contributed by atoms with Gasteiger partial charge in [-0.05, 0) is 30.2 Å². The van der Waals surface area contributed by atoms with Crippen LogP contribution in [0.25, 0.3) is 10.2 Å². The lowest BCUT2D eigenvalue weighted by molar-refractivity contribution is 0.401. The molecule has 2 aromatic heterocycles. The van der Waals surface area contributed by atoms with Crippen LogP contribution in [-0.4, -0.2) is 9.97 Å². The summed E-state index contributed by atoms with van der Waals surface area (Å²) in [7, 11) is 0. The number of hydrogen-bond donors (Lipinski definition) is 2. The van der Waals surface area contributed by atoms with E-state index in [9.17, 15) is 0 Å². The maximum atomic E-state index is 5.67. The monoisotopic (exact) mass is 276 g/mol. The zero-order valence-corrected chi connectivity index (χ0v) is 12.5. The van der Waals surface area contributed by atoms with Crippen molar-refractivity contribution in [2.24, 2.45) is 11.3 Å². The molecule has 4 nitrogen and oxygen atoms in total. The molecule has 0 radical (unpaired) electrons. The second-order valence-corrected chi connectivity index (χ2v) is 7.49. The van der Waals surface area contributed by atoms with E-state index in [2.05, 4.69) is 31.2 Å². The predicted molar refractivity (Wildman–Crippen MR) is 80.4 cm³/mol. The number of fused-ring (bicyclic) bond motifs is 3. The van der Waals surface area contributed by atoms with Crippen molar-refractivity contribution in [3.8, 4) is 0 Å². The van der Waals surface area contributed by atoms with E-state index in [1.165, 1.54) is 23.3 Å². The third-order valence-electron chi connectivity index (χ3n) is 3.44. The predicted octanol–water partition coefficient (Wildman–Crippen LogP) is 3.05. The van der Waals surface area contributed by atoms with E-state index in [1.54, 1.807) is 0 Å². The van der Waals surface area contributed by atoms with Gasteiger partial charge < -0.3 is 5.43 Å². The summed E-state index contributed by atoms with van der Waals surface area (Å²) in [6.07, 6.45) is 4.41. The number of aryl methyl sites for hydroxylation is 2. The van der Waals surface area contributed by atoms with Gasteiger partial charge in [-0.15, -0.1) is 11.3 Å². The molecule has 3 rings (SSSR count). The summed E-state index contributed by atoms with van der Waals surface area (Å²) in [5, 5.41) is 1.15. The van der Waals surface area contributed by atoms with Crippen molar-refractivity contribution in [1.29, 1.82) is 0 Å². The van der Waals surface area contributed by atoms with Gasteiger partial charge in [0.25, 0.3) is 0 Å². The molecule has 1 aliphatic rings. The van der Waals surface area contributed by atoms with E-state index >= 15 is 0 Å². The van der Waals surface area contributed by atoms with Crippen molar-refractivity contribution in [1.82, 2.24) is 9.97 Å². The Morgan fingerprint density at radius 3 is 2.74 bits per heavy atom. The van der Waals surface area contributed by atoms with Crippen molar-refractivity contribution in [2.75, 3.05) is 5.43 Å². The molecule has 2 heterocycles. The van der Waals surface area contributed by atoms with Crippen molar-refractivity contribution < 1.29 is 0 Å². The average Bonchev–Trinajstić information content (AvgIpc) is 2.85. The number of rotatable bonds is 2. The fraction of sp³-hybridized carbons (Fsp3) is 0.571. The summed E-state index contributed by atoms with van der Waals surface area (Å²) in [6, 6.07) is 0. The third-order valence-corrected chi connectivity index (χ3v) is 4.62. The number of nitrogens with two attached hydrogens (primary N) is 1. The Kier molecular flexibility index (Phi) is 2.98.